The first-order chi connectivity index (χ1) is 12.0. The molecule has 1 aliphatic heterocycles. The molecule has 25 heavy (non-hydrogen) atoms. The van der Waals surface area contributed by atoms with Crippen molar-refractivity contribution in [3.63, 3.8) is 0 Å². The lowest BCUT2D eigenvalue weighted by atomic mass is 9.77. The van der Waals surface area contributed by atoms with Gasteiger partial charge in [-0.05, 0) is 63.3 Å². The van der Waals surface area contributed by atoms with Crippen LogP contribution in [0.15, 0.2) is 16.1 Å². The van der Waals surface area contributed by atoms with Gasteiger partial charge in [0.1, 0.15) is 0 Å². The highest BCUT2D eigenvalue weighted by Gasteiger charge is 2.39. The monoisotopic (exact) mass is 365 g/mol. The Morgan fingerprint density at radius 1 is 1.32 bits per heavy atom. The Kier molecular flexibility index (Phi) is 6.21. The number of nitrogens with zero attached hydrogens (tertiary/aromatic N) is 1. The van der Waals surface area contributed by atoms with Crippen LogP contribution in [0.5, 0.6) is 0 Å². The largest absolute Gasteiger partial charge is 0.368 e. The van der Waals surface area contributed by atoms with Crippen LogP contribution in [0.2, 0.25) is 0 Å². The number of primary amides is 1. The highest BCUT2D eigenvalue weighted by Crippen LogP contribution is 2.35. The van der Waals surface area contributed by atoms with Gasteiger partial charge < -0.3 is 11.1 Å². The number of carbonyl (C=O) groups is 1. The summed E-state index contributed by atoms with van der Waals surface area (Å²) in [6, 6.07) is 0. The fourth-order valence-corrected chi connectivity index (χ4v) is 5.19. The summed E-state index contributed by atoms with van der Waals surface area (Å²) in [4.78, 5) is 16.5. The first kappa shape index (κ1) is 18.9. The molecule has 2 saturated carbocycles. The molecule has 5 heteroatoms. The summed E-state index contributed by atoms with van der Waals surface area (Å²) in [6.45, 7) is 3.94. The van der Waals surface area contributed by atoms with Crippen molar-refractivity contribution < 1.29 is 4.79 Å². The summed E-state index contributed by atoms with van der Waals surface area (Å²) < 4.78 is 0. The number of halogens is 1. The van der Waals surface area contributed by atoms with Gasteiger partial charge in [0.25, 0.3) is 0 Å². The fraction of sp³-hybridized carbons (Fsp3) is 0.800. The number of aliphatic imine (C=N–C) groups is 1. The number of carbonyl (C=O) groups excluding carboxylic acids is 1. The lowest BCUT2D eigenvalue weighted by Crippen LogP contribution is -2.53. The molecule has 4 nitrogen and oxygen atoms in total. The average molecular weight is 366 g/mol. The topological polar surface area (TPSA) is 67.5 Å². The quantitative estimate of drug-likeness (QED) is 0.752. The van der Waals surface area contributed by atoms with E-state index >= 15 is 0 Å². The smallest absolute Gasteiger partial charge is 0.237 e. The van der Waals surface area contributed by atoms with Crippen LogP contribution in [-0.4, -0.2) is 30.2 Å². The third kappa shape index (κ3) is 4.46. The van der Waals surface area contributed by atoms with Crippen molar-refractivity contribution >= 4 is 23.2 Å². The second kappa shape index (κ2) is 8.22. The Labute approximate surface area is 156 Å². The van der Waals surface area contributed by atoms with Crippen LogP contribution < -0.4 is 11.1 Å². The zero-order chi connectivity index (χ0) is 17.9. The SMILES string of the molecule is CC1C=C(Cl)C(C2CCC(CCNC3(C(N)=O)CCCC3)CC2)=NC1. The molecule has 2 aliphatic carbocycles. The fourth-order valence-electron chi connectivity index (χ4n) is 4.76. The summed E-state index contributed by atoms with van der Waals surface area (Å²) in [5, 5.41) is 4.38. The Hall–Kier alpha value is -0.870. The maximum absolute atomic E-state index is 11.8. The van der Waals surface area contributed by atoms with Gasteiger partial charge in [-0.25, -0.2) is 0 Å². The molecular weight excluding hydrogens is 334 g/mol. The van der Waals surface area contributed by atoms with E-state index in [1.54, 1.807) is 0 Å². The van der Waals surface area contributed by atoms with Gasteiger partial charge in [-0.15, -0.1) is 0 Å². The van der Waals surface area contributed by atoms with E-state index in [4.69, 9.17) is 22.3 Å². The van der Waals surface area contributed by atoms with Crippen molar-refractivity contribution in [3.05, 3.63) is 11.1 Å². The van der Waals surface area contributed by atoms with Crippen LogP contribution in [-0.2, 0) is 4.79 Å². The molecule has 0 spiro atoms. The van der Waals surface area contributed by atoms with Gasteiger partial charge in [-0.1, -0.05) is 37.4 Å². The average Bonchev–Trinajstić information content (AvgIpc) is 3.06. The molecular formula is C20H32ClN3O. The number of nitrogens with two attached hydrogens (primary N) is 1. The predicted molar refractivity (Wildman–Crippen MR) is 104 cm³/mol. The minimum Gasteiger partial charge on any atom is -0.368 e. The molecule has 0 aromatic rings. The van der Waals surface area contributed by atoms with Crippen molar-refractivity contribution in [3.8, 4) is 0 Å². The van der Waals surface area contributed by atoms with Gasteiger partial charge in [-0.2, -0.15) is 0 Å². The summed E-state index contributed by atoms with van der Waals surface area (Å²) in [5.41, 5.74) is 6.36. The van der Waals surface area contributed by atoms with E-state index in [0.29, 0.717) is 11.8 Å². The molecule has 140 valence electrons. The van der Waals surface area contributed by atoms with Crippen molar-refractivity contribution in [2.24, 2.45) is 28.5 Å². The number of allylic oxidation sites excluding steroid dienone is 1. The molecule has 3 rings (SSSR count). The number of nitrogens with one attached hydrogen (secondary N) is 1. The lowest BCUT2D eigenvalue weighted by molar-refractivity contribution is -0.124. The van der Waals surface area contributed by atoms with Crippen molar-refractivity contribution in [1.82, 2.24) is 5.32 Å². The summed E-state index contributed by atoms with van der Waals surface area (Å²) in [5.74, 6) is 1.57. The molecule has 0 saturated heterocycles. The first-order valence-corrected chi connectivity index (χ1v) is 10.3. The lowest BCUT2D eigenvalue weighted by Gasteiger charge is -2.32. The normalized spacial score (nSPS) is 32.2. The van der Waals surface area contributed by atoms with E-state index in [-0.39, 0.29) is 5.91 Å². The van der Waals surface area contributed by atoms with Gasteiger partial charge in [0.05, 0.1) is 16.3 Å². The van der Waals surface area contributed by atoms with E-state index in [2.05, 4.69) is 18.3 Å². The highest BCUT2D eigenvalue weighted by molar-refractivity contribution is 6.44. The second-order valence-corrected chi connectivity index (χ2v) is 8.71. The maximum atomic E-state index is 11.8. The first-order valence-electron chi connectivity index (χ1n) is 9.97. The van der Waals surface area contributed by atoms with Crippen LogP contribution in [0, 0.1) is 17.8 Å². The van der Waals surface area contributed by atoms with Gasteiger partial charge in [0.15, 0.2) is 0 Å². The second-order valence-electron chi connectivity index (χ2n) is 8.30. The third-order valence-electron chi connectivity index (χ3n) is 6.40. The number of dihydropyridines is 1. The van der Waals surface area contributed by atoms with E-state index in [9.17, 15) is 4.79 Å². The minimum atomic E-state index is -0.428. The molecule has 0 bridgehead atoms. The zero-order valence-electron chi connectivity index (χ0n) is 15.4. The molecule has 1 atom stereocenters. The van der Waals surface area contributed by atoms with Crippen LogP contribution >= 0.6 is 11.6 Å². The molecule has 1 heterocycles. The molecule has 3 aliphatic rings. The Bertz CT molecular complexity index is 543. The van der Waals surface area contributed by atoms with Crippen LogP contribution in [0.4, 0.5) is 0 Å². The molecule has 0 aromatic heterocycles. The van der Waals surface area contributed by atoms with Gasteiger partial charge >= 0.3 is 0 Å². The number of rotatable bonds is 6. The molecule has 1 amide bonds. The van der Waals surface area contributed by atoms with E-state index in [1.165, 1.54) is 25.7 Å². The highest BCUT2D eigenvalue weighted by atomic mass is 35.5. The number of amides is 1. The zero-order valence-corrected chi connectivity index (χ0v) is 16.2. The summed E-state index contributed by atoms with van der Waals surface area (Å²) in [7, 11) is 0. The molecule has 3 N–H and O–H groups in total. The predicted octanol–water partition coefficient (Wildman–Crippen LogP) is 3.78. The van der Waals surface area contributed by atoms with Gasteiger partial charge in [0, 0.05) is 12.5 Å². The van der Waals surface area contributed by atoms with Crippen molar-refractivity contribution in [2.75, 3.05) is 13.1 Å². The number of hydrogen-bond acceptors (Lipinski definition) is 3. The van der Waals surface area contributed by atoms with Crippen LogP contribution in [0.25, 0.3) is 0 Å². The summed E-state index contributed by atoms with van der Waals surface area (Å²) in [6.07, 6.45) is 12.1. The minimum absolute atomic E-state index is 0.167. The molecule has 0 aromatic carbocycles. The van der Waals surface area contributed by atoms with Gasteiger partial charge in [0.2, 0.25) is 5.91 Å². The van der Waals surface area contributed by atoms with Crippen molar-refractivity contribution in [1.29, 1.82) is 0 Å². The maximum Gasteiger partial charge on any atom is 0.237 e. The Morgan fingerprint density at radius 2 is 2.00 bits per heavy atom. The van der Waals surface area contributed by atoms with Crippen molar-refractivity contribution in [2.45, 2.75) is 70.3 Å². The Morgan fingerprint density at radius 3 is 2.60 bits per heavy atom. The Balaban J connectivity index is 1.43. The van der Waals surface area contributed by atoms with Crippen LogP contribution in [0.1, 0.15) is 64.7 Å². The summed E-state index contributed by atoms with van der Waals surface area (Å²) >= 11 is 6.43. The third-order valence-corrected chi connectivity index (χ3v) is 6.72. The molecule has 0 radical (unpaired) electrons. The molecule has 1 unspecified atom stereocenters. The standard InChI is InChI=1S/C20H32ClN3O/c1-14-12-17(21)18(23-13-14)16-6-4-15(5-7-16)8-11-24-20(19(22)25)9-2-3-10-20/h12,14-16,24H,2-11,13H2,1H3,(H2,22,25). The molecule has 2 fully saturated rings. The van der Waals surface area contributed by atoms with E-state index < -0.39 is 5.54 Å². The van der Waals surface area contributed by atoms with E-state index in [1.807, 2.05) is 0 Å². The number of hydrogen-bond donors (Lipinski definition) is 2. The van der Waals surface area contributed by atoms with Crippen LogP contribution in [0.3, 0.4) is 0 Å². The van der Waals surface area contributed by atoms with Gasteiger partial charge in [-0.3, -0.25) is 9.79 Å². The van der Waals surface area contributed by atoms with E-state index in [0.717, 1.165) is 61.9 Å².